The van der Waals surface area contributed by atoms with Crippen molar-refractivity contribution in [3.63, 3.8) is 0 Å². The highest BCUT2D eigenvalue weighted by molar-refractivity contribution is 5.42. The molecule has 1 atom stereocenters. The zero-order valence-electron chi connectivity index (χ0n) is 11.6. The third kappa shape index (κ3) is 4.00. The predicted molar refractivity (Wildman–Crippen MR) is 67.8 cm³/mol. The molecule has 1 aromatic heterocycles. The average Bonchev–Trinajstić information content (AvgIpc) is 2.24. The van der Waals surface area contributed by atoms with Crippen molar-refractivity contribution in [3.8, 4) is 5.75 Å². The first-order valence-electron chi connectivity index (χ1n) is 6.29. The molecule has 7 heteroatoms. The number of alkyl halides is 3. The molecule has 1 aliphatic heterocycles. The van der Waals surface area contributed by atoms with E-state index in [4.69, 9.17) is 4.74 Å². The summed E-state index contributed by atoms with van der Waals surface area (Å²) in [5, 5.41) is 0. The third-order valence-electron chi connectivity index (χ3n) is 2.85. The molecule has 0 aromatic carbocycles. The van der Waals surface area contributed by atoms with Crippen LogP contribution in [0.3, 0.4) is 0 Å². The van der Waals surface area contributed by atoms with Gasteiger partial charge in [0.05, 0.1) is 17.9 Å². The highest BCUT2D eigenvalue weighted by Crippen LogP contribution is 2.27. The summed E-state index contributed by atoms with van der Waals surface area (Å²) >= 11 is 0. The second-order valence-corrected chi connectivity index (χ2v) is 5.47. The second kappa shape index (κ2) is 5.12. The van der Waals surface area contributed by atoms with E-state index in [9.17, 15) is 13.2 Å². The van der Waals surface area contributed by atoms with Gasteiger partial charge in [-0.25, -0.2) is 4.98 Å². The Morgan fingerprint density at radius 1 is 1.40 bits per heavy atom. The van der Waals surface area contributed by atoms with E-state index >= 15 is 0 Å². The zero-order valence-corrected chi connectivity index (χ0v) is 11.6. The van der Waals surface area contributed by atoms with E-state index in [-0.39, 0.29) is 17.5 Å². The molecule has 1 fully saturated rings. The highest BCUT2D eigenvalue weighted by Gasteiger charge is 2.33. The van der Waals surface area contributed by atoms with Crippen LogP contribution in [-0.4, -0.2) is 36.1 Å². The van der Waals surface area contributed by atoms with Gasteiger partial charge in [0, 0.05) is 13.1 Å². The van der Waals surface area contributed by atoms with Crippen molar-refractivity contribution in [3.05, 3.63) is 18.3 Å². The van der Waals surface area contributed by atoms with E-state index in [1.807, 2.05) is 25.7 Å². The first-order valence-corrected chi connectivity index (χ1v) is 6.29. The number of halogens is 3. The number of rotatable bonds is 2. The lowest BCUT2D eigenvalue weighted by Gasteiger charge is -2.42. The molecule has 2 rings (SSSR count). The van der Waals surface area contributed by atoms with Crippen LogP contribution in [0.2, 0.25) is 0 Å². The molecule has 0 bridgehead atoms. The van der Waals surface area contributed by atoms with Crippen molar-refractivity contribution in [2.24, 2.45) is 0 Å². The van der Waals surface area contributed by atoms with Crippen LogP contribution in [0.1, 0.15) is 20.8 Å². The molecule has 0 saturated carbocycles. The summed E-state index contributed by atoms with van der Waals surface area (Å²) in [7, 11) is 0. The number of hydrogen-bond acceptors (Lipinski definition) is 4. The maximum Gasteiger partial charge on any atom is 0.573 e. The number of hydrogen-bond donors (Lipinski definition) is 0. The van der Waals surface area contributed by atoms with Gasteiger partial charge in [-0.05, 0) is 32.9 Å². The van der Waals surface area contributed by atoms with Crippen LogP contribution in [0.5, 0.6) is 5.75 Å². The Morgan fingerprint density at radius 2 is 2.10 bits per heavy atom. The standard InChI is InChI=1S/C13H17F3N2O2/c1-9-7-18(8-12(2,3)19-9)11-5-4-10(6-17-11)20-13(14,15)16/h4-6,9H,7-8H2,1-3H3. The van der Waals surface area contributed by atoms with Crippen molar-refractivity contribution in [1.29, 1.82) is 0 Å². The van der Waals surface area contributed by atoms with Gasteiger partial charge in [0.2, 0.25) is 0 Å². The van der Waals surface area contributed by atoms with Gasteiger partial charge >= 0.3 is 6.36 Å². The lowest BCUT2D eigenvalue weighted by molar-refractivity contribution is -0.274. The maximum atomic E-state index is 12.1. The zero-order chi connectivity index (χ0) is 15.0. The Bertz CT molecular complexity index is 460. The molecule has 0 N–H and O–H groups in total. The SMILES string of the molecule is CC1CN(c2ccc(OC(F)(F)F)cn2)CC(C)(C)O1. The van der Waals surface area contributed by atoms with Crippen LogP contribution < -0.4 is 9.64 Å². The summed E-state index contributed by atoms with van der Waals surface area (Å²) in [5.74, 6) is 0.296. The Morgan fingerprint density at radius 3 is 2.60 bits per heavy atom. The van der Waals surface area contributed by atoms with Gasteiger partial charge in [-0.2, -0.15) is 0 Å². The number of nitrogens with zero attached hydrogens (tertiary/aromatic N) is 2. The molecule has 20 heavy (non-hydrogen) atoms. The quantitative estimate of drug-likeness (QED) is 0.838. The molecular weight excluding hydrogens is 273 g/mol. The van der Waals surface area contributed by atoms with Gasteiger partial charge in [-0.15, -0.1) is 13.2 Å². The fourth-order valence-corrected chi connectivity index (χ4v) is 2.38. The van der Waals surface area contributed by atoms with Crippen molar-refractivity contribution < 1.29 is 22.6 Å². The molecule has 0 spiro atoms. The largest absolute Gasteiger partial charge is 0.573 e. The normalized spacial score (nSPS) is 22.7. The lowest BCUT2D eigenvalue weighted by atomic mass is 10.1. The van der Waals surface area contributed by atoms with Gasteiger partial charge in [0.15, 0.2) is 0 Å². The first kappa shape index (κ1) is 14.9. The van der Waals surface area contributed by atoms with Crippen LogP contribution in [0.4, 0.5) is 19.0 Å². The number of ether oxygens (including phenoxy) is 2. The minimum absolute atomic E-state index is 0.0339. The van der Waals surface area contributed by atoms with Crippen LogP contribution >= 0.6 is 0 Å². The van der Waals surface area contributed by atoms with Gasteiger partial charge in [0.1, 0.15) is 11.6 Å². The molecule has 1 aliphatic rings. The topological polar surface area (TPSA) is 34.6 Å². The molecule has 1 unspecified atom stereocenters. The monoisotopic (exact) mass is 290 g/mol. The fourth-order valence-electron chi connectivity index (χ4n) is 2.38. The van der Waals surface area contributed by atoms with E-state index in [0.717, 1.165) is 6.20 Å². The summed E-state index contributed by atoms with van der Waals surface area (Å²) < 4.78 is 45.8. The average molecular weight is 290 g/mol. The molecule has 0 radical (unpaired) electrons. The number of anilines is 1. The van der Waals surface area contributed by atoms with Crippen molar-refractivity contribution in [2.45, 2.75) is 38.8 Å². The summed E-state index contributed by atoms with van der Waals surface area (Å²) in [5.41, 5.74) is -0.319. The van der Waals surface area contributed by atoms with Crippen LogP contribution in [0.15, 0.2) is 18.3 Å². The van der Waals surface area contributed by atoms with E-state index < -0.39 is 6.36 Å². The van der Waals surface area contributed by atoms with Crippen molar-refractivity contribution >= 4 is 5.82 Å². The molecule has 1 saturated heterocycles. The molecule has 0 amide bonds. The maximum absolute atomic E-state index is 12.1. The van der Waals surface area contributed by atoms with E-state index in [1.54, 1.807) is 0 Å². The van der Waals surface area contributed by atoms with E-state index in [1.165, 1.54) is 12.1 Å². The summed E-state index contributed by atoms with van der Waals surface area (Å²) in [6, 6.07) is 2.79. The fraction of sp³-hybridized carbons (Fsp3) is 0.615. The molecule has 112 valence electrons. The second-order valence-electron chi connectivity index (χ2n) is 5.47. The minimum Gasteiger partial charge on any atom is -0.404 e. The van der Waals surface area contributed by atoms with E-state index in [0.29, 0.717) is 18.9 Å². The Kier molecular flexibility index (Phi) is 3.82. The molecule has 0 aliphatic carbocycles. The summed E-state index contributed by atoms with van der Waals surface area (Å²) in [6.45, 7) is 7.17. The first-order chi connectivity index (χ1) is 9.15. The predicted octanol–water partition coefficient (Wildman–Crippen LogP) is 2.98. The molecular formula is C13H17F3N2O2. The smallest absolute Gasteiger partial charge is 0.404 e. The highest BCUT2D eigenvalue weighted by atomic mass is 19.4. The Hall–Kier alpha value is -1.50. The number of aromatic nitrogens is 1. The lowest BCUT2D eigenvalue weighted by Crippen LogP contribution is -2.52. The Labute approximate surface area is 115 Å². The number of morpholine rings is 1. The van der Waals surface area contributed by atoms with Gasteiger partial charge in [-0.3, -0.25) is 0 Å². The van der Waals surface area contributed by atoms with Crippen LogP contribution in [0.25, 0.3) is 0 Å². The number of pyridine rings is 1. The molecule has 2 heterocycles. The van der Waals surface area contributed by atoms with Crippen molar-refractivity contribution in [1.82, 2.24) is 4.98 Å². The summed E-state index contributed by atoms with van der Waals surface area (Å²) in [4.78, 5) is 6.02. The van der Waals surface area contributed by atoms with Gasteiger partial charge < -0.3 is 14.4 Å². The van der Waals surface area contributed by atoms with E-state index in [2.05, 4.69) is 9.72 Å². The van der Waals surface area contributed by atoms with Crippen molar-refractivity contribution in [2.75, 3.05) is 18.0 Å². The van der Waals surface area contributed by atoms with Gasteiger partial charge in [0.25, 0.3) is 0 Å². The summed E-state index contributed by atoms with van der Waals surface area (Å²) in [6.07, 6.45) is -3.58. The molecule has 1 aromatic rings. The molecule has 4 nitrogen and oxygen atoms in total. The van der Waals surface area contributed by atoms with Crippen LogP contribution in [-0.2, 0) is 4.74 Å². The third-order valence-corrected chi connectivity index (χ3v) is 2.85. The minimum atomic E-state index is -4.70. The Balaban J connectivity index is 2.10. The van der Waals surface area contributed by atoms with Gasteiger partial charge in [-0.1, -0.05) is 0 Å². The van der Waals surface area contributed by atoms with Crippen LogP contribution in [0, 0.1) is 0 Å².